The first-order chi connectivity index (χ1) is 8.78. The second-order valence-electron chi connectivity index (χ2n) is 3.84. The van der Waals surface area contributed by atoms with Crippen LogP contribution >= 0.6 is 0 Å². The van der Waals surface area contributed by atoms with Gasteiger partial charge in [0.25, 0.3) is 5.91 Å². The van der Waals surface area contributed by atoms with Crippen LogP contribution < -0.4 is 5.48 Å². The molecule has 0 spiro atoms. The molecule has 0 fully saturated rings. The molecule has 0 aliphatic rings. The number of nitrogens with zero attached hydrogens (tertiary/aromatic N) is 1. The van der Waals surface area contributed by atoms with Gasteiger partial charge in [0.2, 0.25) is 0 Å². The van der Waals surface area contributed by atoms with Gasteiger partial charge in [-0.25, -0.2) is 10.5 Å². The first kappa shape index (κ1) is 10.5. The highest BCUT2D eigenvalue weighted by Gasteiger charge is 2.09. The Morgan fingerprint density at radius 2 is 2.22 bits per heavy atom. The van der Waals surface area contributed by atoms with E-state index in [0.717, 1.165) is 16.7 Å². The number of rotatable bonds is 2. The van der Waals surface area contributed by atoms with Crippen molar-refractivity contribution < 1.29 is 10.0 Å². The van der Waals surface area contributed by atoms with Crippen LogP contribution in [0.4, 0.5) is 0 Å². The largest absolute Gasteiger partial charge is 0.359 e. The Morgan fingerprint density at radius 3 is 2.94 bits per heavy atom. The topological polar surface area (TPSA) is 93.8 Å². The summed E-state index contributed by atoms with van der Waals surface area (Å²) in [5, 5.41) is 8.59. The fourth-order valence-corrected chi connectivity index (χ4v) is 1.82. The first-order valence-electron chi connectivity index (χ1n) is 5.36. The molecule has 0 aliphatic carbocycles. The number of H-pyrrole nitrogens is 2. The van der Waals surface area contributed by atoms with Crippen molar-refractivity contribution in [3.63, 3.8) is 0 Å². The van der Waals surface area contributed by atoms with Crippen LogP contribution in [0, 0.1) is 0 Å². The molecule has 1 amide bonds. The third-order valence-corrected chi connectivity index (χ3v) is 2.70. The second kappa shape index (κ2) is 4.01. The van der Waals surface area contributed by atoms with E-state index in [0.29, 0.717) is 11.4 Å². The highest BCUT2D eigenvalue weighted by molar-refractivity contribution is 5.97. The average molecular weight is 242 g/mol. The zero-order valence-electron chi connectivity index (χ0n) is 9.27. The van der Waals surface area contributed by atoms with Crippen LogP contribution in [-0.2, 0) is 0 Å². The van der Waals surface area contributed by atoms with Crippen molar-refractivity contribution in [3.8, 4) is 11.5 Å². The first-order valence-corrected chi connectivity index (χ1v) is 5.36. The molecular weight excluding hydrogens is 232 g/mol. The maximum absolute atomic E-state index is 11.3. The SMILES string of the molecule is O=C(NO)c1ccc2nc(-c3ccc[nH]3)[nH]c2c1. The van der Waals surface area contributed by atoms with Gasteiger partial charge in [-0.05, 0) is 30.3 Å². The minimum absolute atomic E-state index is 0.367. The molecule has 3 aromatic rings. The molecule has 3 rings (SSSR count). The molecule has 0 saturated carbocycles. The fourth-order valence-electron chi connectivity index (χ4n) is 1.82. The van der Waals surface area contributed by atoms with E-state index in [4.69, 9.17) is 5.21 Å². The lowest BCUT2D eigenvalue weighted by Gasteiger charge is -1.97. The Kier molecular flexibility index (Phi) is 2.35. The van der Waals surface area contributed by atoms with Gasteiger partial charge in [-0.1, -0.05) is 0 Å². The number of carbonyl (C=O) groups is 1. The highest BCUT2D eigenvalue weighted by Crippen LogP contribution is 2.19. The van der Waals surface area contributed by atoms with E-state index in [1.165, 1.54) is 0 Å². The van der Waals surface area contributed by atoms with Gasteiger partial charge in [-0.3, -0.25) is 10.0 Å². The summed E-state index contributed by atoms with van der Waals surface area (Å²) in [7, 11) is 0. The van der Waals surface area contributed by atoms with Gasteiger partial charge in [0, 0.05) is 11.8 Å². The van der Waals surface area contributed by atoms with E-state index in [-0.39, 0.29) is 0 Å². The summed E-state index contributed by atoms with van der Waals surface area (Å²) >= 11 is 0. The number of imidazole rings is 1. The van der Waals surface area contributed by atoms with E-state index in [2.05, 4.69) is 15.0 Å². The molecule has 6 nitrogen and oxygen atoms in total. The zero-order valence-corrected chi connectivity index (χ0v) is 9.27. The molecular formula is C12H10N4O2. The Morgan fingerprint density at radius 1 is 1.33 bits per heavy atom. The van der Waals surface area contributed by atoms with Gasteiger partial charge in [-0.15, -0.1) is 0 Å². The zero-order chi connectivity index (χ0) is 12.5. The molecule has 0 bridgehead atoms. The normalized spacial score (nSPS) is 10.7. The molecule has 6 heteroatoms. The number of nitrogens with one attached hydrogen (secondary N) is 3. The van der Waals surface area contributed by atoms with Crippen molar-refractivity contribution in [3.05, 3.63) is 42.1 Å². The number of aromatic nitrogens is 3. The summed E-state index contributed by atoms with van der Waals surface area (Å²) in [6, 6.07) is 8.75. The van der Waals surface area contributed by atoms with E-state index < -0.39 is 5.91 Å². The third-order valence-electron chi connectivity index (χ3n) is 2.70. The molecule has 0 atom stereocenters. The Labute approximate surface area is 102 Å². The average Bonchev–Trinajstić information content (AvgIpc) is 3.04. The predicted octanol–water partition coefficient (Wildman–Crippen LogP) is 1.68. The lowest BCUT2D eigenvalue weighted by molar-refractivity contribution is 0.0706. The van der Waals surface area contributed by atoms with Crippen LogP contribution in [0.1, 0.15) is 10.4 Å². The predicted molar refractivity (Wildman–Crippen MR) is 65.1 cm³/mol. The minimum Gasteiger partial charge on any atom is -0.359 e. The number of carbonyl (C=O) groups excluding carboxylic acids is 1. The van der Waals surface area contributed by atoms with Crippen molar-refractivity contribution >= 4 is 16.9 Å². The Bertz CT molecular complexity index is 700. The maximum Gasteiger partial charge on any atom is 0.274 e. The van der Waals surface area contributed by atoms with Crippen molar-refractivity contribution in [1.29, 1.82) is 0 Å². The maximum atomic E-state index is 11.3. The number of hydrogen-bond donors (Lipinski definition) is 4. The number of hydroxylamine groups is 1. The second-order valence-corrected chi connectivity index (χ2v) is 3.84. The minimum atomic E-state index is -0.548. The molecule has 4 N–H and O–H groups in total. The van der Waals surface area contributed by atoms with Gasteiger partial charge >= 0.3 is 0 Å². The number of fused-ring (bicyclic) bond motifs is 1. The van der Waals surface area contributed by atoms with E-state index >= 15 is 0 Å². The molecule has 2 aromatic heterocycles. The molecule has 0 saturated heterocycles. The van der Waals surface area contributed by atoms with Crippen LogP contribution in [0.5, 0.6) is 0 Å². The Balaban J connectivity index is 2.10. The monoisotopic (exact) mass is 242 g/mol. The highest BCUT2D eigenvalue weighted by atomic mass is 16.5. The quantitative estimate of drug-likeness (QED) is 0.407. The summed E-state index contributed by atoms with van der Waals surface area (Å²) in [6.45, 7) is 0. The van der Waals surface area contributed by atoms with Crippen molar-refractivity contribution in [2.24, 2.45) is 0 Å². The van der Waals surface area contributed by atoms with E-state index in [9.17, 15) is 4.79 Å². The summed E-state index contributed by atoms with van der Waals surface area (Å²) in [5.41, 5.74) is 4.34. The summed E-state index contributed by atoms with van der Waals surface area (Å²) in [6.07, 6.45) is 1.81. The molecule has 0 radical (unpaired) electrons. The van der Waals surface area contributed by atoms with Crippen molar-refractivity contribution in [1.82, 2.24) is 20.4 Å². The van der Waals surface area contributed by atoms with Crippen LogP contribution in [0.2, 0.25) is 0 Å². The summed E-state index contributed by atoms with van der Waals surface area (Å²) in [5.74, 6) is 0.157. The van der Waals surface area contributed by atoms with Gasteiger partial charge in [0.05, 0.1) is 16.7 Å². The standard InChI is InChI=1S/C12H10N4O2/c17-12(16-18)7-3-4-8-10(6-7)15-11(14-8)9-2-1-5-13-9/h1-6,13,18H,(H,14,15)(H,16,17). The lowest BCUT2D eigenvalue weighted by atomic mass is 10.2. The molecule has 1 aromatic carbocycles. The lowest BCUT2D eigenvalue weighted by Crippen LogP contribution is -2.18. The van der Waals surface area contributed by atoms with Crippen LogP contribution in [0.25, 0.3) is 22.6 Å². The molecule has 90 valence electrons. The number of aromatic amines is 2. The van der Waals surface area contributed by atoms with Gasteiger partial charge < -0.3 is 9.97 Å². The number of benzene rings is 1. The molecule has 0 aliphatic heterocycles. The molecule has 2 heterocycles. The third kappa shape index (κ3) is 1.64. The number of hydrogen-bond acceptors (Lipinski definition) is 3. The molecule has 0 unspecified atom stereocenters. The number of amides is 1. The van der Waals surface area contributed by atoms with Gasteiger partial charge in [0.1, 0.15) is 0 Å². The Hall–Kier alpha value is -2.60. The van der Waals surface area contributed by atoms with Gasteiger partial charge in [-0.2, -0.15) is 0 Å². The van der Waals surface area contributed by atoms with Crippen molar-refractivity contribution in [2.75, 3.05) is 0 Å². The smallest absolute Gasteiger partial charge is 0.274 e. The van der Waals surface area contributed by atoms with Crippen molar-refractivity contribution in [2.45, 2.75) is 0 Å². The summed E-state index contributed by atoms with van der Waals surface area (Å²) in [4.78, 5) is 21.9. The fraction of sp³-hybridized carbons (Fsp3) is 0. The molecule has 18 heavy (non-hydrogen) atoms. The van der Waals surface area contributed by atoms with Crippen LogP contribution in [0.3, 0.4) is 0 Å². The van der Waals surface area contributed by atoms with E-state index in [1.54, 1.807) is 23.7 Å². The summed E-state index contributed by atoms with van der Waals surface area (Å²) < 4.78 is 0. The van der Waals surface area contributed by atoms with Crippen LogP contribution in [-0.4, -0.2) is 26.1 Å². The van der Waals surface area contributed by atoms with Crippen LogP contribution in [0.15, 0.2) is 36.5 Å². The van der Waals surface area contributed by atoms with Gasteiger partial charge in [0.15, 0.2) is 5.82 Å². The van der Waals surface area contributed by atoms with E-state index in [1.807, 2.05) is 18.3 Å².